The van der Waals surface area contributed by atoms with Gasteiger partial charge >= 0.3 is 6.55 Å². The van der Waals surface area contributed by atoms with Gasteiger partial charge in [-0.15, -0.1) is 5.10 Å². The van der Waals surface area contributed by atoms with Crippen LogP contribution in [0.4, 0.5) is 13.2 Å². The van der Waals surface area contributed by atoms with Crippen molar-refractivity contribution in [2.75, 3.05) is 0 Å². The lowest BCUT2D eigenvalue weighted by Crippen LogP contribution is -2.04. The molecule has 0 amide bonds. The van der Waals surface area contributed by atoms with Gasteiger partial charge in [0.05, 0.1) is 5.56 Å². The molecule has 1 aromatic carbocycles. The number of benzene rings is 1. The zero-order chi connectivity index (χ0) is 11.7. The van der Waals surface area contributed by atoms with Crippen molar-refractivity contribution in [2.45, 2.75) is 6.55 Å². The van der Waals surface area contributed by atoms with E-state index in [0.717, 1.165) is 12.1 Å². The van der Waals surface area contributed by atoms with Crippen LogP contribution in [-0.2, 0) is 0 Å². The molecule has 0 saturated heterocycles. The SMILES string of the molecule is Oc1cccc(F)c1-c1nnnn1C(F)F. The van der Waals surface area contributed by atoms with Crippen molar-refractivity contribution in [1.29, 1.82) is 0 Å². The first-order valence-corrected chi connectivity index (χ1v) is 4.15. The Morgan fingerprint density at radius 3 is 2.69 bits per heavy atom. The molecule has 0 radical (unpaired) electrons. The third-order valence-corrected chi connectivity index (χ3v) is 1.89. The summed E-state index contributed by atoms with van der Waals surface area (Å²) in [5.41, 5.74) is -0.451. The van der Waals surface area contributed by atoms with Gasteiger partial charge in [-0.2, -0.15) is 13.5 Å². The Bertz CT molecular complexity index is 493. The van der Waals surface area contributed by atoms with Crippen LogP contribution < -0.4 is 0 Å². The molecule has 2 aromatic rings. The topological polar surface area (TPSA) is 63.8 Å². The number of hydrogen-bond acceptors (Lipinski definition) is 4. The molecule has 0 fully saturated rings. The zero-order valence-electron chi connectivity index (χ0n) is 7.68. The van der Waals surface area contributed by atoms with E-state index < -0.39 is 29.5 Å². The molecule has 0 saturated carbocycles. The standard InChI is InChI=1S/C8H5F3N4O/c9-4-2-1-3-5(16)6(4)7-12-13-14-15(7)8(10)11/h1-3,8,16H. The van der Waals surface area contributed by atoms with Crippen molar-refractivity contribution in [2.24, 2.45) is 0 Å². The predicted molar refractivity (Wildman–Crippen MR) is 46.1 cm³/mol. The molecule has 5 nitrogen and oxygen atoms in total. The second kappa shape index (κ2) is 3.80. The quantitative estimate of drug-likeness (QED) is 0.850. The van der Waals surface area contributed by atoms with Crippen LogP contribution in [0.15, 0.2) is 18.2 Å². The maximum Gasteiger partial charge on any atom is 0.336 e. The fourth-order valence-electron chi connectivity index (χ4n) is 1.22. The normalized spacial score (nSPS) is 11.0. The molecule has 0 unspecified atom stereocenters. The number of aromatic hydroxyl groups is 1. The molecule has 84 valence electrons. The average Bonchev–Trinajstić information content (AvgIpc) is 2.66. The molecule has 0 bridgehead atoms. The Morgan fingerprint density at radius 1 is 1.31 bits per heavy atom. The zero-order valence-corrected chi connectivity index (χ0v) is 7.68. The first-order chi connectivity index (χ1) is 7.61. The van der Waals surface area contributed by atoms with Crippen molar-refractivity contribution >= 4 is 0 Å². The molecular formula is C8H5F3N4O. The van der Waals surface area contributed by atoms with Crippen molar-refractivity contribution in [3.05, 3.63) is 24.0 Å². The minimum Gasteiger partial charge on any atom is -0.507 e. The van der Waals surface area contributed by atoms with Gasteiger partial charge < -0.3 is 5.11 Å². The fraction of sp³-hybridized carbons (Fsp3) is 0.125. The van der Waals surface area contributed by atoms with E-state index in [-0.39, 0.29) is 4.68 Å². The average molecular weight is 230 g/mol. The van der Waals surface area contributed by atoms with Crippen LogP contribution in [0.1, 0.15) is 6.55 Å². The van der Waals surface area contributed by atoms with Crippen LogP contribution in [-0.4, -0.2) is 25.3 Å². The van der Waals surface area contributed by atoms with Gasteiger partial charge in [0.25, 0.3) is 0 Å². The largest absolute Gasteiger partial charge is 0.507 e. The molecule has 1 N–H and O–H groups in total. The predicted octanol–water partition coefficient (Wildman–Crippen LogP) is 1.58. The minimum atomic E-state index is -3.01. The van der Waals surface area contributed by atoms with Crippen molar-refractivity contribution < 1.29 is 18.3 Å². The van der Waals surface area contributed by atoms with Gasteiger partial charge in [0, 0.05) is 0 Å². The summed E-state index contributed by atoms with van der Waals surface area (Å²) >= 11 is 0. The third-order valence-electron chi connectivity index (χ3n) is 1.89. The van der Waals surface area contributed by atoms with Gasteiger partial charge in [-0.3, -0.25) is 0 Å². The van der Waals surface area contributed by atoms with E-state index in [1.165, 1.54) is 6.07 Å². The minimum absolute atomic E-state index is 0.123. The van der Waals surface area contributed by atoms with E-state index in [2.05, 4.69) is 15.5 Å². The Hall–Kier alpha value is -2.12. The molecule has 1 heterocycles. The van der Waals surface area contributed by atoms with Crippen LogP contribution >= 0.6 is 0 Å². The first kappa shape index (κ1) is 10.4. The van der Waals surface area contributed by atoms with E-state index in [1.807, 2.05) is 0 Å². The number of hydrogen-bond donors (Lipinski definition) is 1. The highest BCUT2D eigenvalue weighted by atomic mass is 19.3. The Morgan fingerprint density at radius 2 is 2.06 bits per heavy atom. The molecular weight excluding hydrogens is 225 g/mol. The number of phenolic OH excluding ortho intramolecular Hbond substituents is 1. The molecule has 0 spiro atoms. The smallest absolute Gasteiger partial charge is 0.336 e. The number of aromatic nitrogens is 4. The maximum atomic E-state index is 13.3. The summed E-state index contributed by atoms with van der Waals surface area (Å²) in [6.45, 7) is -3.01. The van der Waals surface area contributed by atoms with Crippen LogP contribution in [0, 0.1) is 5.82 Å². The third kappa shape index (κ3) is 1.58. The maximum absolute atomic E-state index is 13.3. The molecule has 16 heavy (non-hydrogen) atoms. The summed E-state index contributed by atoms with van der Waals surface area (Å²) in [5, 5.41) is 18.6. The van der Waals surface area contributed by atoms with Crippen molar-refractivity contribution in [1.82, 2.24) is 20.2 Å². The second-order valence-corrected chi connectivity index (χ2v) is 2.86. The van der Waals surface area contributed by atoms with E-state index in [4.69, 9.17) is 0 Å². The van der Waals surface area contributed by atoms with Gasteiger partial charge in [-0.05, 0) is 22.6 Å². The fourth-order valence-corrected chi connectivity index (χ4v) is 1.22. The second-order valence-electron chi connectivity index (χ2n) is 2.86. The van der Waals surface area contributed by atoms with Crippen LogP contribution in [0.25, 0.3) is 11.4 Å². The summed E-state index contributed by atoms with van der Waals surface area (Å²) in [6.07, 6.45) is 0. The van der Waals surface area contributed by atoms with E-state index in [0.29, 0.717) is 0 Å². The Balaban J connectivity index is 2.63. The first-order valence-electron chi connectivity index (χ1n) is 4.15. The highest BCUT2D eigenvalue weighted by Crippen LogP contribution is 2.31. The Labute approximate surface area is 87.1 Å². The molecule has 0 atom stereocenters. The number of tetrazole rings is 1. The van der Waals surface area contributed by atoms with Crippen LogP contribution in [0.5, 0.6) is 5.75 Å². The van der Waals surface area contributed by atoms with Crippen LogP contribution in [0.3, 0.4) is 0 Å². The van der Waals surface area contributed by atoms with E-state index >= 15 is 0 Å². The molecule has 1 aromatic heterocycles. The molecule has 8 heteroatoms. The summed E-state index contributed by atoms with van der Waals surface area (Å²) in [6, 6.07) is 3.41. The summed E-state index contributed by atoms with van der Waals surface area (Å²) in [4.78, 5) is 0. The lowest BCUT2D eigenvalue weighted by Gasteiger charge is -2.05. The molecule has 0 aliphatic rings. The van der Waals surface area contributed by atoms with Gasteiger partial charge in [0.2, 0.25) is 0 Å². The van der Waals surface area contributed by atoms with Gasteiger partial charge in [-0.1, -0.05) is 6.07 Å². The monoisotopic (exact) mass is 230 g/mol. The van der Waals surface area contributed by atoms with Gasteiger partial charge in [0.1, 0.15) is 11.6 Å². The summed E-state index contributed by atoms with van der Waals surface area (Å²) in [7, 11) is 0. The molecule has 2 rings (SSSR count). The van der Waals surface area contributed by atoms with Crippen molar-refractivity contribution in [3.8, 4) is 17.1 Å². The number of rotatable bonds is 2. The lowest BCUT2D eigenvalue weighted by atomic mass is 10.2. The lowest BCUT2D eigenvalue weighted by molar-refractivity contribution is 0.0563. The van der Waals surface area contributed by atoms with Crippen LogP contribution in [0.2, 0.25) is 0 Å². The van der Waals surface area contributed by atoms with E-state index in [1.54, 1.807) is 0 Å². The number of nitrogens with zero attached hydrogens (tertiary/aromatic N) is 4. The van der Waals surface area contributed by atoms with Gasteiger partial charge in [-0.25, -0.2) is 4.39 Å². The Kier molecular flexibility index (Phi) is 2.47. The number of phenols is 1. The van der Waals surface area contributed by atoms with Gasteiger partial charge in [0.15, 0.2) is 5.82 Å². The molecule has 0 aliphatic carbocycles. The highest BCUT2D eigenvalue weighted by molar-refractivity contribution is 5.64. The number of halogens is 3. The van der Waals surface area contributed by atoms with Crippen molar-refractivity contribution in [3.63, 3.8) is 0 Å². The summed E-state index contributed by atoms with van der Waals surface area (Å²) < 4.78 is 38.3. The number of alkyl halides is 2. The molecule has 0 aliphatic heterocycles. The summed E-state index contributed by atoms with van der Waals surface area (Å²) in [5.74, 6) is -1.90. The highest BCUT2D eigenvalue weighted by Gasteiger charge is 2.21. The van der Waals surface area contributed by atoms with E-state index in [9.17, 15) is 18.3 Å².